The topological polar surface area (TPSA) is 64.7 Å². The van der Waals surface area contributed by atoms with Crippen LogP contribution in [0.1, 0.15) is 22.3 Å². The van der Waals surface area contributed by atoms with Crippen molar-refractivity contribution in [2.24, 2.45) is 0 Å². The van der Waals surface area contributed by atoms with Gasteiger partial charge in [-0.15, -0.1) is 0 Å². The van der Waals surface area contributed by atoms with Gasteiger partial charge in [0.05, 0.1) is 5.41 Å². The monoisotopic (exact) mass is 742 g/mol. The first kappa shape index (κ1) is 33.6. The molecule has 11 rings (SSSR count). The molecule has 8 aromatic carbocycles. The molecule has 5 nitrogen and oxygen atoms in total. The minimum absolute atomic E-state index is 0.602. The van der Waals surface area contributed by atoms with E-state index in [2.05, 4.69) is 152 Å². The fraction of sp³-hybridized carbons (Fsp3) is 0.0189. The lowest BCUT2D eigenvalue weighted by Crippen LogP contribution is -2.28. The summed E-state index contributed by atoms with van der Waals surface area (Å²) >= 11 is 0. The third-order valence-electron chi connectivity index (χ3n) is 11.3. The van der Waals surface area contributed by atoms with Gasteiger partial charge in [0.25, 0.3) is 0 Å². The normalized spacial score (nSPS) is 14.3. The number of oxazole rings is 1. The average molecular weight is 743 g/mol. The number of nitrogens with zero attached hydrogens (tertiary/aromatic N) is 4. The Hall–Kier alpha value is -7.76. The molecule has 0 bridgehead atoms. The maximum Gasteiger partial charge on any atom is 0.227 e. The minimum atomic E-state index is -0.678. The molecule has 0 saturated heterocycles. The molecule has 10 aromatic rings. The highest BCUT2D eigenvalue weighted by Gasteiger charge is 2.47. The lowest BCUT2D eigenvalue weighted by atomic mass is 9.67. The molecule has 272 valence electrons. The molecule has 1 aliphatic carbocycles. The molecule has 0 spiro atoms. The molecule has 0 aliphatic heterocycles. The summed E-state index contributed by atoms with van der Waals surface area (Å²) in [6, 6.07) is 71.6. The Morgan fingerprint density at radius 1 is 0.345 bits per heavy atom. The van der Waals surface area contributed by atoms with Crippen molar-refractivity contribution in [2.75, 3.05) is 0 Å². The van der Waals surface area contributed by atoms with Gasteiger partial charge < -0.3 is 4.42 Å². The molecule has 0 fully saturated rings. The Labute approximate surface area is 336 Å². The Morgan fingerprint density at radius 3 is 1.57 bits per heavy atom. The van der Waals surface area contributed by atoms with Crippen molar-refractivity contribution in [3.63, 3.8) is 0 Å². The molecule has 2 heterocycles. The SMILES string of the molecule is c1ccc(-c2ccc(-c3nc(-c4ccccc4)nc(-c4cccc5c4-c4ccccc4C5(c4ccccc4)c4ccc5nc(-c6ccccc6)oc5c4)n3)cc2)cc1. The van der Waals surface area contributed by atoms with E-state index >= 15 is 0 Å². The summed E-state index contributed by atoms with van der Waals surface area (Å²) in [6.07, 6.45) is 0. The number of aromatic nitrogens is 4. The Kier molecular flexibility index (Phi) is 7.97. The van der Waals surface area contributed by atoms with Crippen molar-refractivity contribution in [3.05, 3.63) is 229 Å². The quantitative estimate of drug-likeness (QED) is 0.163. The summed E-state index contributed by atoms with van der Waals surface area (Å²) in [5.74, 6) is 2.46. The minimum Gasteiger partial charge on any atom is -0.436 e. The van der Waals surface area contributed by atoms with Crippen molar-refractivity contribution in [1.82, 2.24) is 19.9 Å². The van der Waals surface area contributed by atoms with E-state index < -0.39 is 5.41 Å². The molecular weight excluding hydrogens is 709 g/mol. The summed E-state index contributed by atoms with van der Waals surface area (Å²) in [7, 11) is 0. The van der Waals surface area contributed by atoms with Crippen LogP contribution in [0.5, 0.6) is 0 Å². The Morgan fingerprint density at radius 2 is 0.862 bits per heavy atom. The van der Waals surface area contributed by atoms with E-state index in [1.807, 2.05) is 54.6 Å². The van der Waals surface area contributed by atoms with Gasteiger partial charge in [-0.2, -0.15) is 0 Å². The van der Waals surface area contributed by atoms with E-state index in [9.17, 15) is 0 Å². The van der Waals surface area contributed by atoms with Crippen molar-refractivity contribution >= 4 is 11.1 Å². The van der Waals surface area contributed by atoms with Crippen molar-refractivity contribution in [3.8, 4) is 67.9 Å². The zero-order chi connectivity index (χ0) is 38.5. The van der Waals surface area contributed by atoms with Gasteiger partial charge in [-0.3, -0.25) is 0 Å². The third-order valence-corrected chi connectivity index (χ3v) is 11.3. The van der Waals surface area contributed by atoms with Crippen LogP contribution in [0.2, 0.25) is 0 Å². The predicted molar refractivity (Wildman–Crippen MR) is 232 cm³/mol. The maximum atomic E-state index is 6.51. The summed E-state index contributed by atoms with van der Waals surface area (Å²) in [6.45, 7) is 0. The van der Waals surface area contributed by atoms with Crippen LogP contribution in [0.3, 0.4) is 0 Å². The predicted octanol–water partition coefficient (Wildman–Crippen LogP) is 12.7. The smallest absolute Gasteiger partial charge is 0.227 e. The van der Waals surface area contributed by atoms with Crippen molar-refractivity contribution in [1.29, 1.82) is 0 Å². The molecule has 0 N–H and O–H groups in total. The van der Waals surface area contributed by atoms with E-state index in [4.69, 9.17) is 24.4 Å². The molecule has 2 aromatic heterocycles. The number of hydrogen-bond acceptors (Lipinski definition) is 5. The standard InChI is InChI=1S/C53H34N4O/c1-5-16-35(17-6-1)36-28-30-38(31-29-36)50-55-49(37-18-7-2-8-19-37)56-51(57-50)43-25-15-27-45-48(43)42-24-13-14-26-44(42)53(45,40-22-11-4-12-23-40)41-32-33-46-47(34-41)58-52(54-46)39-20-9-3-10-21-39/h1-34H. The fourth-order valence-electron chi connectivity index (χ4n) is 8.64. The van der Waals surface area contributed by atoms with Crippen LogP contribution < -0.4 is 0 Å². The number of rotatable bonds is 7. The van der Waals surface area contributed by atoms with Gasteiger partial charge >= 0.3 is 0 Å². The van der Waals surface area contributed by atoms with Crippen LogP contribution in [0.4, 0.5) is 0 Å². The van der Waals surface area contributed by atoms with Crippen LogP contribution in [0.25, 0.3) is 79.0 Å². The van der Waals surface area contributed by atoms with E-state index in [1.54, 1.807) is 0 Å². The lowest BCUT2D eigenvalue weighted by Gasteiger charge is -2.33. The molecular formula is C53H34N4O. The summed E-state index contributed by atoms with van der Waals surface area (Å²) in [5, 5.41) is 0. The van der Waals surface area contributed by atoms with Crippen LogP contribution >= 0.6 is 0 Å². The molecule has 1 aliphatic rings. The van der Waals surface area contributed by atoms with Gasteiger partial charge in [-0.1, -0.05) is 182 Å². The second-order valence-electron chi connectivity index (χ2n) is 14.6. The molecule has 0 amide bonds. The van der Waals surface area contributed by atoms with Gasteiger partial charge in [0, 0.05) is 22.3 Å². The summed E-state index contributed by atoms with van der Waals surface area (Å²) in [4.78, 5) is 20.5. The highest BCUT2D eigenvalue weighted by Crippen LogP contribution is 2.58. The van der Waals surface area contributed by atoms with Gasteiger partial charge in [0.15, 0.2) is 23.1 Å². The van der Waals surface area contributed by atoms with E-state index in [0.717, 1.165) is 72.3 Å². The van der Waals surface area contributed by atoms with E-state index in [1.165, 1.54) is 5.56 Å². The highest BCUT2D eigenvalue weighted by molar-refractivity contribution is 5.95. The zero-order valence-corrected chi connectivity index (χ0v) is 31.3. The summed E-state index contributed by atoms with van der Waals surface area (Å²) in [5.41, 5.74) is 13.7. The van der Waals surface area contributed by atoms with Crippen molar-refractivity contribution in [2.45, 2.75) is 5.41 Å². The highest BCUT2D eigenvalue weighted by atomic mass is 16.3. The van der Waals surface area contributed by atoms with Crippen LogP contribution in [0, 0.1) is 0 Å². The summed E-state index contributed by atoms with van der Waals surface area (Å²) < 4.78 is 6.51. The zero-order valence-electron chi connectivity index (χ0n) is 31.3. The van der Waals surface area contributed by atoms with Crippen LogP contribution in [0.15, 0.2) is 211 Å². The van der Waals surface area contributed by atoms with E-state index in [0.29, 0.717) is 23.4 Å². The Bertz CT molecular complexity index is 3090. The first-order chi connectivity index (χ1) is 28.7. The van der Waals surface area contributed by atoms with Crippen LogP contribution in [-0.4, -0.2) is 19.9 Å². The molecule has 5 heteroatoms. The molecule has 1 atom stereocenters. The molecule has 58 heavy (non-hydrogen) atoms. The first-order valence-corrected chi connectivity index (χ1v) is 19.5. The second-order valence-corrected chi connectivity index (χ2v) is 14.6. The first-order valence-electron chi connectivity index (χ1n) is 19.5. The largest absolute Gasteiger partial charge is 0.436 e. The number of benzene rings is 8. The maximum absolute atomic E-state index is 6.51. The molecule has 1 unspecified atom stereocenters. The number of hydrogen-bond donors (Lipinski definition) is 0. The van der Waals surface area contributed by atoms with Gasteiger partial charge in [-0.05, 0) is 68.8 Å². The van der Waals surface area contributed by atoms with Crippen LogP contribution in [-0.2, 0) is 5.41 Å². The van der Waals surface area contributed by atoms with Gasteiger partial charge in [0.2, 0.25) is 5.89 Å². The van der Waals surface area contributed by atoms with Gasteiger partial charge in [0.1, 0.15) is 5.52 Å². The lowest BCUT2D eigenvalue weighted by molar-refractivity contribution is 0.618. The van der Waals surface area contributed by atoms with Gasteiger partial charge in [-0.25, -0.2) is 19.9 Å². The molecule has 0 radical (unpaired) electrons. The van der Waals surface area contributed by atoms with E-state index in [-0.39, 0.29) is 0 Å². The second kappa shape index (κ2) is 13.8. The fourth-order valence-corrected chi connectivity index (χ4v) is 8.64. The van der Waals surface area contributed by atoms with Crippen molar-refractivity contribution < 1.29 is 4.42 Å². The average Bonchev–Trinajstić information content (AvgIpc) is 3.88. The third kappa shape index (κ3) is 5.47. The number of fused-ring (bicyclic) bond motifs is 4. The molecule has 0 saturated carbocycles. The Balaban J connectivity index is 1.13.